The Balaban J connectivity index is 1.30. The van der Waals surface area contributed by atoms with Crippen molar-refractivity contribution in [2.24, 2.45) is 17.8 Å². The van der Waals surface area contributed by atoms with Crippen LogP contribution >= 0.6 is 11.8 Å². The van der Waals surface area contributed by atoms with Gasteiger partial charge < -0.3 is 25.4 Å². The fourth-order valence-electron chi connectivity index (χ4n) is 7.26. The highest BCUT2D eigenvalue weighted by Crippen LogP contribution is 2.68. The summed E-state index contributed by atoms with van der Waals surface area (Å²) < 4.78 is 4.81. The Morgan fingerprint density at radius 3 is 2.45 bits per heavy atom. The minimum absolute atomic E-state index is 0.0187. The number of likely N-dealkylation sites (tertiary alicyclic amines) is 1. The summed E-state index contributed by atoms with van der Waals surface area (Å²) in [6.45, 7) is 4.96. The van der Waals surface area contributed by atoms with Crippen LogP contribution in [0.4, 0.5) is 11.4 Å². The van der Waals surface area contributed by atoms with Crippen LogP contribution in [0, 0.1) is 17.8 Å². The van der Waals surface area contributed by atoms with E-state index in [-0.39, 0.29) is 35.5 Å². The first-order valence-corrected chi connectivity index (χ1v) is 15.7. The highest BCUT2D eigenvalue weighted by Gasteiger charge is 2.75. The molecule has 3 aliphatic rings. The van der Waals surface area contributed by atoms with Gasteiger partial charge in [0, 0.05) is 29.8 Å². The van der Waals surface area contributed by atoms with Gasteiger partial charge >= 0.3 is 0 Å². The molecule has 3 unspecified atom stereocenters. The second-order valence-corrected chi connectivity index (χ2v) is 13.1. The minimum atomic E-state index is -0.714. The lowest BCUT2D eigenvalue weighted by molar-refractivity contribution is -0.138. The van der Waals surface area contributed by atoms with Crippen molar-refractivity contribution in [2.45, 2.75) is 49.1 Å². The molecule has 1 spiro atoms. The van der Waals surface area contributed by atoms with Gasteiger partial charge in [0.15, 0.2) is 0 Å². The number of unbranched alkanes of at least 4 members (excludes halogenated alkanes) is 1. The Morgan fingerprint density at radius 2 is 1.71 bits per heavy atom. The number of fused-ring (bicyclic) bond motifs is 2. The van der Waals surface area contributed by atoms with E-state index in [1.165, 1.54) is 0 Å². The molecular formula is C33H37N3O5S. The summed E-state index contributed by atoms with van der Waals surface area (Å²) in [6, 6.07) is 20.3. The summed E-state index contributed by atoms with van der Waals surface area (Å²) in [5.41, 5.74) is 1.32. The van der Waals surface area contributed by atoms with Gasteiger partial charge in [-0.05, 0) is 79.3 Å². The Morgan fingerprint density at radius 1 is 1.00 bits per heavy atom. The fraction of sp³-hybridized carbons (Fsp3) is 0.424. The average Bonchev–Trinajstić information content (AvgIpc) is 3.58. The van der Waals surface area contributed by atoms with Crippen molar-refractivity contribution in [3.05, 3.63) is 66.7 Å². The molecule has 3 aromatic carbocycles. The Labute approximate surface area is 250 Å². The van der Waals surface area contributed by atoms with Crippen LogP contribution in [0.3, 0.4) is 0 Å². The van der Waals surface area contributed by atoms with Crippen molar-refractivity contribution in [3.8, 4) is 5.75 Å². The zero-order valence-electron chi connectivity index (χ0n) is 23.9. The van der Waals surface area contributed by atoms with Gasteiger partial charge in [-0.2, -0.15) is 0 Å². The van der Waals surface area contributed by atoms with Gasteiger partial charge in [0.25, 0.3) is 0 Å². The van der Waals surface area contributed by atoms with Crippen molar-refractivity contribution in [1.29, 1.82) is 0 Å². The van der Waals surface area contributed by atoms with Gasteiger partial charge in [-0.3, -0.25) is 14.4 Å². The second-order valence-electron chi connectivity index (χ2n) is 11.5. The second kappa shape index (κ2) is 11.6. The number of carbonyl (C=O) groups excluding carboxylic acids is 3. The van der Waals surface area contributed by atoms with Crippen LogP contribution in [0.25, 0.3) is 10.8 Å². The molecule has 3 heterocycles. The standard InChI is InChI=1S/C33H37N3O5S/c1-3-41-25-14-12-23(13-15-25)34-30(38)27-26-18-20(2)33(42-26)28(27)32(40)36(16-6-7-17-37)29(33)31(39)35-24-11-10-21-8-4-5-9-22(21)19-24/h4-5,8-15,19-20,26-29,37H,3,6-7,16-18H2,1-2H3,(H,34,38)(H,35,39)/t20?,26-,27+,28-,29?,33?/m0/s1. The van der Waals surface area contributed by atoms with E-state index >= 15 is 0 Å². The number of aliphatic hydroxyl groups excluding tert-OH is 1. The van der Waals surface area contributed by atoms with Crippen molar-refractivity contribution in [3.63, 3.8) is 0 Å². The summed E-state index contributed by atoms with van der Waals surface area (Å²) in [7, 11) is 0. The third-order valence-corrected chi connectivity index (χ3v) is 11.1. The highest BCUT2D eigenvalue weighted by atomic mass is 32.2. The molecule has 3 saturated heterocycles. The van der Waals surface area contributed by atoms with E-state index in [9.17, 15) is 19.5 Å². The lowest BCUT2D eigenvalue weighted by atomic mass is 9.66. The van der Waals surface area contributed by atoms with Crippen LogP contribution in [0.1, 0.15) is 33.1 Å². The first-order chi connectivity index (χ1) is 20.4. The first kappa shape index (κ1) is 28.6. The number of benzene rings is 3. The molecule has 3 N–H and O–H groups in total. The third kappa shape index (κ3) is 4.82. The monoisotopic (exact) mass is 587 g/mol. The number of rotatable bonds is 10. The lowest BCUT2D eigenvalue weighted by Gasteiger charge is -2.38. The highest BCUT2D eigenvalue weighted by molar-refractivity contribution is 8.02. The van der Waals surface area contributed by atoms with Crippen molar-refractivity contribution in [2.75, 3.05) is 30.4 Å². The van der Waals surface area contributed by atoms with Gasteiger partial charge in [-0.15, -0.1) is 11.8 Å². The number of nitrogens with zero attached hydrogens (tertiary/aromatic N) is 1. The van der Waals surface area contributed by atoms with Crippen LogP contribution < -0.4 is 15.4 Å². The maximum absolute atomic E-state index is 14.2. The van der Waals surface area contributed by atoms with E-state index in [1.54, 1.807) is 28.8 Å². The fourth-order valence-corrected chi connectivity index (χ4v) is 9.68. The summed E-state index contributed by atoms with van der Waals surface area (Å²) in [5.74, 6) is -0.883. The number of ether oxygens (including phenoxy) is 1. The molecule has 3 fully saturated rings. The molecule has 220 valence electrons. The molecule has 42 heavy (non-hydrogen) atoms. The molecule has 3 aliphatic heterocycles. The molecule has 8 nitrogen and oxygen atoms in total. The summed E-state index contributed by atoms with van der Waals surface area (Å²) in [4.78, 5) is 43.9. The van der Waals surface area contributed by atoms with Crippen LogP contribution in [0.2, 0.25) is 0 Å². The van der Waals surface area contributed by atoms with Crippen LogP contribution in [0.5, 0.6) is 5.75 Å². The Hall–Kier alpha value is -3.56. The maximum Gasteiger partial charge on any atom is 0.248 e. The lowest BCUT2D eigenvalue weighted by Crippen LogP contribution is -2.54. The van der Waals surface area contributed by atoms with Gasteiger partial charge in [0.05, 0.1) is 23.2 Å². The van der Waals surface area contributed by atoms with E-state index in [4.69, 9.17) is 4.74 Å². The number of carbonyl (C=O) groups is 3. The summed E-state index contributed by atoms with van der Waals surface area (Å²) in [6.07, 6.45) is 1.88. The molecule has 0 radical (unpaired) electrons. The van der Waals surface area contributed by atoms with Gasteiger partial charge in [0.2, 0.25) is 17.7 Å². The SMILES string of the molecule is CCOc1ccc(NC(=O)[C@@H]2[C@@H]3CC(C)C4(S3)C(C(=O)Nc3ccc5ccccc5c3)N(CCCCO)C(=O)[C@H]24)cc1. The number of aliphatic hydroxyl groups is 1. The van der Waals surface area contributed by atoms with E-state index < -0.39 is 22.6 Å². The maximum atomic E-state index is 14.2. The van der Waals surface area contributed by atoms with Crippen molar-refractivity contribution >= 4 is 51.6 Å². The first-order valence-electron chi connectivity index (χ1n) is 14.8. The summed E-state index contributed by atoms with van der Waals surface area (Å²) >= 11 is 1.66. The van der Waals surface area contributed by atoms with E-state index in [0.29, 0.717) is 37.4 Å². The number of hydrogen-bond donors (Lipinski definition) is 3. The quantitative estimate of drug-likeness (QED) is 0.291. The number of thioether (sulfide) groups is 1. The number of nitrogens with one attached hydrogen (secondary N) is 2. The Bertz CT molecular complexity index is 1500. The predicted octanol–water partition coefficient (Wildman–Crippen LogP) is 4.93. The molecule has 3 aromatic rings. The summed E-state index contributed by atoms with van der Waals surface area (Å²) in [5, 5.41) is 17.6. The van der Waals surface area contributed by atoms with Crippen molar-refractivity contribution < 1.29 is 24.2 Å². The number of amides is 3. The zero-order valence-corrected chi connectivity index (χ0v) is 24.7. The molecule has 0 aliphatic carbocycles. The molecular weight excluding hydrogens is 550 g/mol. The normalized spacial score (nSPS) is 27.7. The van der Waals surface area contributed by atoms with E-state index in [0.717, 1.165) is 22.9 Å². The number of anilines is 2. The smallest absolute Gasteiger partial charge is 0.248 e. The third-order valence-electron chi connectivity index (χ3n) is 9.05. The van der Waals surface area contributed by atoms with E-state index in [1.807, 2.05) is 61.5 Å². The predicted molar refractivity (Wildman–Crippen MR) is 166 cm³/mol. The minimum Gasteiger partial charge on any atom is -0.494 e. The molecule has 0 saturated carbocycles. The van der Waals surface area contributed by atoms with E-state index in [2.05, 4.69) is 17.6 Å². The average molecular weight is 588 g/mol. The molecule has 9 heteroatoms. The molecule has 6 rings (SSSR count). The van der Waals surface area contributed by atoms with Gasteiger partial charge in [-0.25, -0.2) is 0 Å². The van der Waals surface area contributed by atoms with Crippen LogP contribution in [-0.2, 0) is 14.4 Å². The van der Waals surface area contributed by atoms with Crippen molar-refractivity contribution in [1.82, 2.24) is 4.90 Å². The largest absolute Gasteiger partial charge is 0.494 e. The Kier molecular flexibility index (Phi) is 7.89. The van der Waals surface area contributed by atoms with Crippen LogP contribution in [0.15, 0.2) is 66.7 Å². The van der Waals surface area contributed by atoms with Gasteiger partial charge in [0.1, 0.15) is 11.8 Å². The topological polar surface area (TPSA) is 108 Å². The molecule has 2 bridgehead atoms. The number of hydrogen-bond acceptors (Lipinski definition) is 6. The molecule has 6 atom stereocenters. The van der Waals surface area contributed by atoms with Gasteiger partial charge in [-0.1, -0.05) is 37.3 Å². The zero-order chi connectivity index (χ0) is 29.4. The molecule has 3 amide bonds. The molecule has 0 aromatic heterocycles. The van der Waals surface area contributed by atoms with Crippen LogP contribution in [-0.4, -0.2) is 63.5 Å².